The van der Waals surface area contributed by atoms with Gasteiger partial charge < -0.3 is 15.7 Å². The van der Waals surface area contributed by atoms with Gasteiger partial charge in [-0.05, 0) is 59.8 Å². The molecule has 0 aromatic rings. The Hall–Kier alpha value is -2.02. The molecule has 0 saturated heterocycles. The first-order valence-electron chi connectivity index (χ1n) is 11.4. The van der Waals surface area contributed by atoms with E-state index in [0.29, 0.717) is 18.6 Å². The molecule has 0 aliphatic heterocycles. The number of rotatable bonds is 16. The van der Waals surface area contributed by atoms with E-state index >= 15 is 0 Å². The molecule has 0 heterocycles. The molecule has 0 radical (unpaired) electrons. The monoisotopic (exact) mass is 466 g/mol. The third-order valence-electron chi connectivity index (χ3n) is 4.84. The second kappa shape index (κ2) is 17.5. The maximum Gasteiger partial charge on any atom is 0.327 e. The van der Waals surface area contributed by atoms with Crippen LogP contribution in [0.1, 0.15) is 80.1 Å². The first-order valence-corrected chi connectivity index (χ1v) is 12.5. The number of allylic oxidation sites excluding steroid dienone is 5. The third-order valence-corrected chi connectivity index (χ3v) is 5.81. The zero-order valence-corrected chi connectivity index (χ0v) is 21.4. The molecule has 0 aliphatic carbocycles. The molecule has 0 spiro atoms. The quantitative estimate of drug-likeness (QED) is 0.219. The maximum absolute atomic E-state index is 12.4. The van der Waals surface area contributed by atoms with Crippen LogP contribution in [0, 0.1) is 0 Å². The van der Waals surface area contributed by atoms with E-state index in [2.05, 4.69) is 56.6 Å². The minimum absolute atomic E-state index is 0.271. The van der Waals surface area contributed by atoms with Gasteiger partial charge in [-0.2, -0.15) is 11.8 Å². The van der Waals surface area contributed by atoms with Crippen molar-refractivity contribution in [1.29, 1.82) is 0 Å². The number of carbonyl (C=O) groups excluding carboxylic acids is 2. The highest BCUT2D eigenvalue weighted by Crippen LogP contribution is 2.13. The van der Waals surface area contributed by atoms with Crippen molar-refractivity contribution >= 4 is 29.5 Å². The van der Waals surface area contributed by atoms with Gasteiger partial charge in [0.15, 0.2) is 0 Å². The maximum atomic E-state index is 12.4. The largest absolute Gasteiger partial charge is 0.480 e. The molecule has 6 nitrogen and oxygen atoms in total. The van der Waals surface area contributed by atoms with Gasteiger partial charge in [-0.15, -0.1) is 0 Å². The molecule has 0 bridgehead atoms. The Morgan fingerprint density at radius 3 is 2.00 bits per heavy atom. The molecule has 0 fully saturated rings. The lowest BCUT2D eigenvalue weighted by Crippen LogP contribution is -2.52. The van der Waals surface area contributed by atoms with Crippen molar-refractivity contribution in [3.63, 3.8) is 0 Å². The molecule has 2 unspecified atom stereocenters. The smallest absolute Gasteiger partial charge is 0.327 e. The Bertz CT molecular complexity index is 694. The van der Waals surface area contributed by atoms with Crippen LogP contribution in [0.15, 0.2) is 34.9 Å². The van der Waals surface area contributed by atoms with Crippen LogP contribution in [0.5, 0.6) is 0 Å². The van der Waals surface area contributed by atoms with Crippen LogP contribution in [0.3, 0.4) is 0 Å². The molecule has 2 amide bonds. The van der Waals surface area contributed by atoms with Crippen LogP contribution >= 0.6 is 11.8 Å². The highest BCUT2D eigenvalue weighted by molar-refractivity contribution is 7.99. The fourth-order valence-electron chi connectivity index (χ4n) is 2.98. The predicted molar refractivity (Wildman–Crippen MR) is 135 cm³/mol. The van der Waals surface area contributed by atoms with E-state index < -0.39 is 24.0 Å². The van der Waals surface area contributed by atoms with Gasteiger partial charge in [-0.1, -0.05) is 48.3 Å². The second-order valence-corrected chi connectivity index (χ2v) is 9.51. The molecule has 0 aromatic heterocycles. The summed E-state index contributed by atoms with van der Waals surface area (Å²) in [6.07, 6.45) is 12.0. The van der Waals surface area contributed by atoms with Gasteiger partial charge in [0, 0.05) is 18.4 Å². The number of aliphatic carboxylic acids is 1. The number of carboxylic acids is 1. The molecule has 0 saturated carbocycles. The van der Waals surface area contributed by atoms with Crippen molar-refractivity contribution in [3.8, 4) is 0 Å². The lowest BCUT2D eigenvalue weighted by Gasteiger charge is -2.20. The number of carbonyl (C=O) groups is 3. The predicted octanol–water partition coefficient (Wildman–Crippen LogP) is 5.01. The van der Waals surface area contributed by atoms with Gasteiger partial charge in [-0.3, -0.25) is 9.59 Å². The fraction of sp³-hybridized carbons (Fsp3) is 0.640. The minimum atomic E-state index is -1.07. The van der Waals surface area contributed by atoms with Gasteiger partial charge >= 0.3 is 5.97 Å². The van der Waals surface area contributed by atoms with Crippen molar-refractivity contribution in [2.45, 2.75) is 92.2 Å². The number of amides is 2. The zero-order chi connectivity index (χ0) is 24.5. The highest BCUT2D eigenvalue weighted by atomic mass is 32.2. The summed E-state index contributed by atoms with van der Waals surface area (Å²) in [6, 6.07) is -1.69. The van der Waals surface area contributed by atoms with Gasteiger partial charge in [0.05, 0.1) is 0 Å². The normalized spacial score (nSPS) is 13.8. The Kier molecular flexibility index (Phi) is 16.4. The molecule has 32 heavy (non-hydrogen) atoms. The topological polar surface area (TPSA) is 95.5 Å². The van der Waals surface area contributed by atoms with Crippen molar-refractivity contribution in [3.05, 3.63) is 34.9 Å². The Labute approximate surface area is 198 Å². The third kappa shape index (κ3) is 15.7. The van der Waals surface area contributed by atoms with E-state index in [-0.39, 0.29) is 11.7 Å². The number of nitrogens with one attached hydrogen (secondary N) is 2. The Morgan fingerprint density at radius 1 is 0.875 bits per heavy atom. The molecular formula is C25H42N2O4S. The van der Waals surface area contributed by atoms with Gasteiger partial charge in [0.2, 0.25) is 11.8 Å². The molecule has 7 heteroatoms. The average Bonchev–Trinajstić information content (AvgIpc) is 2.69. The zero-order valence-electron chi connectivity index (χ0n) is 20.6. The summed E-state index contributed by atoms with van der Waals surface area (Å²) in [5.74, 6) is -0.864. The minimum Gasteiger partial charge on any atom is -0.480 e. The lowest BCUT2D eigenvalue weighted by atomic mass is 10.1. The van der Waals surface area contributed by atoms with Crippen molar-refractivity contribution in [1.82, 2.24) is 10.6 Å². The van der Waals surface area contributed by atoms with Crippen LogP contribution in [0.4, 0.5) is 0 Å². The summed E-state index contributed by atoms with van der Waals surface area (Å²) in [6.45, 7) is 11.7. The van der Waals surface area contributed by atoms with Crippen molar-refractivity contribution in [2.24, 2.45) is 0 Å². The van der Waals surface area contributed by atoms with Crippen molar-refractivity contribution < 1.29 is 19.5 Å². The molecule has 0 aromatic carbocycles. The van der Waals surface area contributed by atoms with E-state index in [4.69, 9.17) is 0 Å². The molecule has 182 valence electrons. The number of thioether (sulfide) groups is 1. The summed E-state index contributed by atoms with van der Waals surface area (Å²) in [5, 5.41) is 14.6. The van der Waals surface area contributed by atoms with Crippen LogP contribution in [0.25, 0.3) is 0 Å². The number of hydrogen-bond donors (Lipinski definition) is 3. The van der Waals surface area contributed by atoms with E-state index in [1.54, 1.807) is 0 Å². The first-order chi connectivity index (χ1) is 15.1. The van der Waals surface area contributed by atoms with E-state index in [9.17, 15) is 19.5 Å². The van der Waals surface area contributed by atoms with Crippen LogP contribution < -0.4 is 10.6 Å². The summed E-state index contributed by atoms with van der Waals surface area (Å²) >= 11 is 1.47. The van der Waals surface area contributed by atoms with Crippen LogP contribution in [-0.2, 0) is 14.4 Å². The molecule has 2 atom stereocenters. The summed E-state index contributed by atoms with van der Waals surface area (Å²) < 4.78 is 0. The van der Waals surface area contributed by atoms with Crippen molar-refractivity contribution in [2.75, 3.05) is 11.5 Å². The first kappa shape index (κ1) is 30.0. The van der Waals surface area contributed by atoms with Gasteiger partial charge in [0.25, 0.3) is 0 Å². The molecule has 0 rings (SSSR count). The second-order valence-electron chi connectivity index (χ2n) is 8.44. The van der Waals surface area contributed by atoms with E-state index in [1.165, 1.54) is 35.4 Å². The summed E-state index contributed by atoms with van der Waals surface area (Å²) in [4.78, 5) is 35.2. The van der Waals surface area contributed by atoms with Crippen LogP contribution in [0.2, 0.25) is 0 Å². The van der Waals surface area contributed by atoms with Gasteiger partial charge in [-0.25, -0.2) is 4.79 Å². The molecule has 3 N–H and O–H groups in total. The number of hydrogen-bond acceptors (Lipinski definition) is 4. The summed E-state index contributed by atoms with van der Waals surface area (Å²) in [7, 11) is 0. The molecule has 0 aliphatic rings. The lowest BCUT2D eigenvalue weighted by molar-refractivity contribution is -0.141. The van der Waals surface area contributed by atoms with Crippen LogP contribution in [-0.4, -0.2) is 46.5 Å². The summed E-state index contributed by atoms with van der Waals surface area (Å²) in [5.41, 5.74) is 4.04. The fourth-order valence-corrected chi connectivity index (χ4v) is 3.98. The van der Waals surface area contributed by atoms with E-state index in [0.717, 1.165) is 25.7 Å². The highest BCUT2D eigenvalue weighted by Gasteiger charge is 2.25. The standard InChI is InChI=1S/C25H42N2O4S/c1-7-10-22(26-21(6)28)24(29)27-23(25(30)31)17-32-16-15-20(5)14-9-13-19(4)12-8-11-18(2)3/h11,13,15,22-23H,7-10,12,14,16-17H2,1-6H3,(H,26,28)(H,27,29)(H,30,31)/b19-13+,20-15+. The Morgan fingerprint density at radius 2 is 1.47 bits per heavy atom. The van der Waals surface area contributed by atoms with E-state index in [1.807, 2.05) is 6.92 Å². The SMILES string of the molecule is CCCC(NC(C)=O)C(=O)NC(CSC/C=C(\C)CC/C=C(\C)CCC=C(C)C)C(=O)O. The molecular weight excluding hydrogens is 424 g/mol. The van der Waals surface area contributed by atoms with Gasteiger partial charge in [0.1, 0.15) is 12.1 Å². The average molecular weight is 467 g/mol. The number of carboxylic acid groups (broad SMARTS) is 1. The Balaban J connectivity index is 4.47.